The molecular formula is C12H23N3O. The van der Waals surface area contributed by atoms with Crippen molar-refractivity contribution in [3.63, 3.8) is 0 Å². The SMILES string of the molecule is Cc1nn(C)cc1C(C)NC(CO)C(C)C. The number of nitrogens with zero attached hydrogens (tertiary/aromatic N) is 2. The first-order chi connectivity index (χ1) is 7.45. The van der Waals surface area contributed by atoms with Gasteiger partial charge in [0, 0.05) is 30.9 Å². The average molecular weight is 225 g/mol. The van der Waals surface area contributed by atoms with Crippen molar-refractivity contribution in [3.8, 4) is 0 Å². The molecule has 2 N–H and O–H groups in total. The molecule has 0 radical (unpaired) electrons. The topological polar surface area (TPSA) is 50.1 Å². The number of rotatable bonds is 5. The van der Waals surface area contributed by atoms with E-state index in [0.717, 1.165) is 5.69 Å². The van der Waals surface area contributed by atoms with Crippen molar-refractivity contribution in [1.82, 2.24) is 15.1 Å². The molecule has 1 aromatic rings. The van der Waals surface area contributed by atoms with Gasteiger partial charge in [0.2, 0.25) is 0 Å². The van der Waals surface area contributed by atoms with Crippen LogP contribution >= 0.6 is 0 Å². The van der Waals surface area contributed by atoms with Gasteiger partial charge in [0.25, 0.3) is 0 Å². The van der Waals surface area contributed by atoms with E-state index in [1.165, 1.54) is 5.56 Å². The normalized spacial score (nSPS) is 15.4. The van der Waals surface area contributed by atoms with Crippen LogP contribution in [0.5, 0.6) is 0 Å². The summed E-state index contributed by atoms with van der Waals surface area (Å²) in [4.78, 5) is 0. The zero-order valence-electron chi connectivity index (χ0n) is 10.9. The zero-order chi connectivity index (χ0) is 12.3. The largest absolute Gasteiger partial charge is 0.395 e. The van der Waals surface area contributed by atoms with Crippen LogP contribution in [0, 0.1) is 12.8 Å². The molecule has 16 heavy (non-hydrogen) atoms. The van der Waals surface area contributed by atoms with Crippen molar-refractivity contribution in [1.29, 1.82) is 0 Å². The molecule has 4 heteroatoms. The highest BCUT2D eigenvalue weighted by atomic mass is 16.3. The van der Waals surface area contributed by atoms with Crippen LogP contribution in [0.4, 0.5) is 0 Å². The molecule has 1 heterocycles. The third-order valence-corrected chi connectivity index (χ3v) is 2.98. The monoisotopic (exact) mass is 225 g/mol. The number of hydrogen-bond acceptors (Lipinski definition) is 3. The lowest BCUT2D eigenvalue weighted by molar-refractivity contribution is 0.201. The quantitative estimate of drug-likeness (QED) is 0.796. The summed E-state index contributed by atoms with van der Waals surface area (Å²) in [6, 6.07) is 0.350. The summed E-state index contributed by atoms with van der Waals surface area (Å²) < 4.78 is 1.83. The fourth-order valence-electron chi connectivity index (χ4n) is 1.91. The second-order valence-corrected chi connectivity index (χ2v) is 4.76. The van der Waals surface area contributed by atoms with Crippen LogP contribution in [0.25, 0.3) is 0 Å². The Morgan fingerprint density at radius 3 is 2.44 bits per heavy atom. The van der Waals surface area contributed by atoms with Crippen LogP contribution in [0.3, 0.4) is 0 Å². The first-order valence-corrected chi connectivity index (χ1v) is 5.82. The lowest BCUT2D eigenvalue weighted by Gasteiger charge is -2.24. The van der Waals surface area contributed by atoms with Crippen LogP contribution in [0.1, 0.15) is 38.1 Å². The van der Waals surface area contributed by atoms with Gasteiger partial charge in [-0.05, 0) is 19.8 Å². The van der Waals surface area contributed by atoms with E-state index in [1.54, 1.807) is 0 Å². The summed E-state index contributed by atoms with van der Waals surface area (Å²) in [5.74, 6) is 0.421. The fraction of sp³-hybridized carbons (Fsp3) is 0.750. The molecule has 2 atom stereocenters. The average Bonchev–Trinajstić information content (AvgIpc) is 2.53. The second kappa shape index (κ2) is 5.46. The Morgan fingerprint density at radius 2 is 2.06 bits per heavy atom. The molecule has 0 amide bonds. The van der Waals surface area contributed by atoms with Gasteiger partial charge < -0.3 is 10.4 Å². The first kappa shape index (κ1) is 13.2. The second-order valence-electron chi connectivity index (χ2n) is 4.76. The van der Waals surface area contributed by atoms with Crippen LogP contribution < -0.4 is 5.32 Å². The molecule has 0 aliphatic heterocycles. The summed E-state index contributed by atoms with van der Waals surface area (Å²) in [6.07, 6.45) is 2.03. The number of aliphatic hydroxyl groups is 1. The Bertz CT molecular complexity index is 333. The molecule has 2 unspecified atom stereocenters. The fourth-order valence-corrected chi connectivity index (χ4v) is 1.91. The highest BCUT2D eigenvalue weighted by molar-refractivity contribution is 5.19. The highest BCUT2D eigenvalue weighted by Gasteiger charge is 2.18. The van der Waals surface area contributed by atoms with E-state index < -0.39 is 0 Å². The number of hydrogen-bond donors (Lipinski definition) is 2. The van der Waals surface area contributed by atoms with E-state index in [-0.39, 0.29) is 18.7 Å². The molecule has 1 aromatic heterocycles. The molecule has 0 saturated carbocycles. The minimum atomic E-state index is 0.134. The van der Waals surface area contributed by atoms with E-state index in [0.29, 0.717) is 5.92 Å². The minimum absolute atomic E-state index is 0.134. The summed E-state index contributed by atoms with van der Waals surface area (Å²) >= 11 is 0. The molecule has 1 rings (SSSR count). The van der Waals surface area contributed by atoms with E-state index >= 15 is 0 Å². The van der Waals surface area contributed by atoms with Crippen molar-refractivity contribution in [2.45, 2.75) is 39.8 Å². The number of aliphatic hydroxyl groups excluding tert-OH is 1. The maximum atomic E-state index is 9.28. The van der Waals surface area contributed by atoms with Gasteiger partial charge in [-0.2, -0.15) is 5.10 Å². The van der Waals surface area contributed by atoms with Crippen molar-refractivity contribution in [2.75, 3.05) is 6.61 Å². The lowest BCUT2D eigenvalue weighted by Crippen LogP contribution is -2.38. The molecule has 0 bridgehead atoms. The van der Waals surface area contributed by atoms with Crippen LogP contribution in [-0.2, 0) is 7.05 Å². The molecule has 0 aliphatic rings. The van der Waals surface area contributed by atoms with E-state index in [1.807, 2.05) is 24.9 Å². The number of nitrogens with one attached hydrogen (secondary N) is 1. The summed E-state index contributed by atoms with van der Waals surface area (Å²) in [6.45, 7) is 8.50. The minimum Gasteiger partial charge on any atom is -0.395 e. The van der Waals surface area contributed by atoms with Gasteiger partial charge in [-0.25, -0.2) is 0 Å². The standard InChI is InChI=1S/C12H23N3O/c1-8(2)12(7-16)13-9(3)11-6-15(5)14-10(11)4/h6,8-9,12-13,16H,7H2,1-5H3. The Hall–Kier alpha value is -0.870. The predicted molar refractivity (Wildman–Crippen MR) is 65.2 cm³/mol. The Kier molecular flexibility index (Phi) is 4.50. The molecule has 0 aromatic carbocycles. The van der Waals surface area contributed by atoms with Gasteiger partial charge in [0.05, 0.1) is 12.3 Å². The maximum absolute atomic E-state index is 9.28. The highest BCUT2D eigenvalue weighted by Crippen LogP contribution is 2.17. The Labute approximate surface area is 97.7 Å². The van der Waals surface area contributed by atoms with Crippen LogP contribution in [0.15, 0.2) is 6.20 Å². The van der Waals surface area contributed by atoms with Crippen LogP contribution in [-0.4, -0.2) is 27.5 Å². The molecule has 0 fully saturated rings. The van der Waals surface area contributed by atoms with Gasteiger partial charge >= 0.3 is 0 Å². The molecule has 0 aliphatic carbocycles. The van der Waals surface area contributed by atoms with Crippen molar-refractivity contribution in [3.05, 3.63) is 17.5 Å². The number of aromatic nitrogens is 2. The molecule has 4 nitrogen and oxygen atoms in total. The predicted octanol–water partition coefficient (Wildman–Crippen LogP) is 1.40. The summed E-state index contributed by atoms with van der Waals surface area (Å²) in [5.41, 5.74) is 2.24. The number of aryl methyl sites for hydroxylation is 2. The third kappa shape index (κ3) is 3.06. The summed E-state index contributed by atoms with van der Waals surface area (Å²) in [7, 11) is 1.93. The van der Waals surface area contributed by atoms with Crippen LogP contribution in [0.2, 0.25) is 0 Å². The molecule has 92 valence electrons. The lowest BCUT2D eigenvalue weighted by atomic mass is 10.0. The molecule has 0 saturated heterocycles. The van der Waals surface area contributed by atoms with E-state index in [2.05, 4.69) is 31.2 Å². The Balaban J connectivity index is 2.71. The van der Waals surface area contributed by atoms with Gasteiger partial charge in [-0.1, -0.05) is 13.8 Å². The summed E-state index contributed by atoms with van der Waals surface area (Å²) in [5, 5.41) is 17.0. The van der Waals surface area contributed by atoms with Crippen molar-refractivity contribution < 1.29 is 5.11 Å². The molecular weight excluding hydrogens is 202 g/mol. The van der Waals surface area contributed by atoms with E-state index in [4.69, 9.17) is 0 Å². The maximum Gasteiger partial charge on any atom is 0.0641 e. The third-order valence-electron chi connectivity index (χ3n) is 2.98. The van der Waals surface area contributed by atoms with Crippen molar-refractivity contribution >= 4 is 0 Å². The van der Waals surface area contributed by atoms with Gasteiger partial charge in [-0.3, -0.25) is 4.68 Å². The van der Waals surface area contributed by atoms with E-state index in [9.17, 15) is 5.11 Å². The molecule has 0 spiro atoms. The van der Waals surface area contributed by atoms with Gasteiger partial charge in [-0.15, -0.1) is 0 Å². The Morgan fingerprint density at radius 1 is 1.44 bits per heavy atom. The van der Waals surface area contributed by atoms with Gasteiger partial charge in [0.1, 0.15) is 0 Å². The van der Waals surface area contributed by atoms with Gasteiger partial charge in [0.15, 0.2) is 0 Å². The first-order valence-electron chi connectivity index (χ1n) is 5.82. The zero-order valence-corrected chi connectivity index (χ0v) is 10.9. The smallest absolute Gasteiger partial charge is 0.0641 e. The van der Waals surface area contributed by atoms with Crippen molar-refractivity contribution in [2.24, 2.45) is 13.0 Å².